The summed E-state index contributed by atoms with van der Waals surface area (Å²) in [6.45, 7) is 0. The van der Waals surface area contributed by atoms with Crippen LogP contribution >= 0.6 is 12.2 Å². The molecular formula is C33H28N4O4S. The highest BCUT2D eigenvalue weighted by atomic mass is 32.1. The first-order valence-electron chi connectivity index (χ1n) is 13.3. The molecule has 3 heterocycles. The highest BCUT2D eigenvalue weighted by molar-refractivity contribution is 7.80. The van der Waals surface area contributed by atoms with Crippen molar-refractivity contribution in [1.29, 1.82) is 0 Å². The van der Waals surface area contributed by atoms with E-state index in [-0.39, 0.29) is 18.1 Å². The fourth-order valence-electron chi connectivity index (χ4n) is 5.13. The van der Waals surface area contributed by atoms with Crippen molar-refractivity contribution in [2.75, 3.05) is 19.1 Å². The Balaban J connectivity index is 1.35. The molecule has 210 valence electrons. The van der Waals surface area contributed by atoms with Gasteiger partial charge in [0.15, 0.2) is 5.11 Å². The topological polar surface area (TPSA) is 77.9 Å². The van der Waals surface area contributed by atoms with Gasteiger partial charge in [-0.25, -0.2) is 4.79 Å². The van der Waals surface area contributed by atoms with E-state index in [0.29, 0.717) is 22.2 Å². The SMILES string of the molecule is COC(=O)c1ccc(-n2cccc2C2C(c3ccccn3)NC(=S)N2c2ccc(Oc3ccc(OC)cc3)cc2)cc1. The van der Waals surface area contributed by atoms with Crippen LogP contribution in [0.2, 0.25) is 0 Å². The van der Waals surface area contributed by atoms with E-state index in [1.165, 1.54) is 7.11 Å². The lowest BCUT2D eigenvalue weighted by Gasteiger charge is -2.29. The molecule has 0 radical (unpaired) electrons. The summed E-state index contributed by atoms with van der Waals surface area (Å²) in [4.78, 5) is 18.8. The van der Waals surface area contributed by atoms with Crippen molar-refractivity contribution >= 4 is 29.0 Å². The quantitative estimate of drug-likeness (QED) is 0.163. The van der Waals surface area contributed by atoms with Gasteiger partial charge >= 0.3 is 5.97 Å². The number of hydrogen-bond donors (Lipinski definition) is 1. The van der Waals surface area contributed by atoms with Gasteiger partial charge in [-0.3, -0.25) is 4.98 Å². The van der Waals surface area contributed by atoms with E-state index in [4.69, 9.17) is 26.4 Å². The van der Waals surface area contributed by atoms with E-state index in [1.807, 2.05) is 91.1 Å². The number of anilines is 1. The van der Waals surface area contributed by atoms with Gasteiger partial charge in [0.25, 0.3) is 0 Å². The van der Waals surface area contributed by atoms with Crippen LogP contribution in [-0.2, 0) is 4.74 Å². The molecule has 1 fully saturated rings. The van der Waals surface area contributed by atoms with E-state index >= 15 is 0 Å². The van der Waals surface area contributed by atoms with E-state index < -0.39 is 0 Å². The lowest BCUT2D eigenvalue weighted by molar-refractivity contribution is 0.0600. The number of rotatable bonds is 8. The van der Waals surface area contributed by atoms with Gasteiger partial charge in [0.05, 0.1) is 31.5 Å². The molecule has 0 amide bonds. The summed E-state index contributed by atoms with van der Waals surface area (Å²) in [6.07, 6.45) is 3.79. The summed E-state index contributed by atoms with van der Waals surface area (Å²) >= 11 is 5.91. The van der Waals surface area contributed by atoms with Gasteiger partial charge < -0.3 is 29.0 Å². The van der Waals surface area contributed by atoms with Crippen LogP contribution in [0.3, 0.4) is 0 Å². The molecule has 0 bridgehead atoms. The molecule has 1 N–H and O–H groups in total. The number of hydrogen-bond acceptors (Lipinski definition) is 6. The maximum atomic E-state index is 12.0. The lowest BCUT2D eigenvalue weighted by Crippen LogP contribution is -2.30. The lowest BCUT2D eigenvalue weighted by atomic mass is 10.0. The van der Waals surface area contributed by atoms with Gasteiger partial charge in [-0.1, -0.05) is 6.07 Å². The monoisotopic (exact) mass is 576 g/mol. The fourth-order valence-corrected chi connectivity index (χ4v) is 5.48. The summed E-state index contributed by atoms with van der Waals surface area (Å²) in [5.74, 6) is 1.81. The van der Waals surface area contributed by atoms with E-state index in [9.17, 15) is 4.79 Å². The van der Waals surface area contributed by atoms with Crippen molar-refractivity contribution in [3.63, 3.8) is 0 Å². The molecule has 0 saturated carbocycles. The number of pyridine rings is 1. The van der Waals surface area contributed by atoms with E-state index in [2.05, 4.69) is 25.8 Å². The number of nitrogens with zero attached hydrogens (tertiary/aromatic N) is 3. The Morgan fingerprint density at radius 2 is 1.48 bits per heavy atom. The molecule has 5 aromatic rings. The Kier molecular flexibility index (Phi) is 7.57. The average molecular weight is 577 g/mol. The molecule has 6 rings (SSSR count). The standard InChI is InChI=1S/C33H28N4O4S/c1-39-25-16-18-27(19-17-25)41-26-14-12-24(13-15-26)37-31(30(35-33(37)42)28-6-3-4-20-34-28)29-7-5-21-36(29)23-10-8-22(9-11-23)32(38)40-2/h3-21,30-31H,1-2H3,(H,35,42). The molecule has 1 aliphatic heterocycles. The summed E-state index contributed by atoms with van der Waals surface area (Å²) in [5, 5.41) is 4.10. The Hall–Kier alpha value is -5.15. The fraction of sp³-hybridized carbons (Fsp3) is 0.121. The molecule has 3 aromatic carbocycles. The van der Waals surface area contributed by atoms with Crippen molar-refractivity contribution in [1.82, 2.24) is 14.9 Å². The number of benzene rings is 3. The Bertz CT molecular complexity index is 1690. The van der Waals surface area contributed by atoms with Crippen LogP contribution in [0.15, 0.2) is 116 Å². The number of methoxy groups -OCH3 is 2. The van der Waals surface area contributed by atoms with Crippen LogP contribution in [0, 0.1) is 0 Å². The van der Waals surface area contributed by atoms with Gasteiger partial charge in [-0.05, 0) is 109 Å². The molecule has 9 heteroatoms. The highest BCUT2D eigenvalue weighted by Crippen LogP contribution is 2.42. The Labute approximate surface area is 249 Å². The van der Waals surface area contributed by atoms with Gasteiger partial charge in [-0.2, -0.15) is 0 Å². The van der Waals surface area contributed by atoms with Gasteiger partial charge in [0.1, 0.15) is 23.3 Å². The number of aromatic nitrogens is 2. The molecule has 8 nitrogen and oxygen atoms in total. The van der Waals surface area contributed by atoms with Gasteiger partial charge in [0.2, 0.25) is 0 Å². The first-order chi connectivity index (χ1) is 20.6. The summed E-state index contributed by atoms with van der Waals surface area (Å²) in [5.41, 5.74) is 4.18. The molecule has 2 unspecified atom stereocenters. The normalized spacial score (nSPS) is 16.1. The second-order valence-corrected chi connectivity index (χ2v) is 10.00. The molecule has 0 spiro atoms. The highest BCUT2D eigenvalue weighted by Gasteiger charge is 2.42. The van der Waals surface area contributed by atoms with Crippen LogP contribution < -0.4 is 19.7 Å². The maximum Gasteiger partial charge on any atom is 0.337 e. The summed E-state index contributed by atoms with van der Waals surface area (Å²) < 4.78 is 18.3. The van der Waals surface area contributed by atoms with Crippen LogP contribution in [-0.4, -0.2) is 34.9 Å². The van der Waals surface area contributed by atoms with Crippen LogP contribution in [0.4, 0.5) is 5.69 Å². The predicted molar refractivity (Wildman–Crippen MR) is 165 cm³/mol. The Morgan fingerprint density at radius 1 is 0.810 bits per heavy atom. The van der Waals surface area contributed by atoms with Crippen LogP contribution in [0.25, 0.3) is 5.69 Å². The third kappa shape index (κ3) is 5.29. The van der Waals surface area contributed by atoms with E-state index in [0.717, 1.165) is 28.5 Å². The van der Waals surface area contributed by atoms with Crippen LogP contribution in [0.5, 0.6) is 17.2 Å². The van der Waals surface area contributed by atoms with Gasteiger partial charge in [-0.15, -0.1) is 0 Å². The van der Waals surface area contributed by atoms with Crippen molar-refractivity contribution < 1.29 is 19.0 Å². The summed E-state index contributed by atoms with van der Waals surface area (Å²) in [7, 11) is 3.01. The minimum atomic E-state index is -0.375. The number of carbonyl (C=O) groups is 1. The predicted octanol–water partition coefficient (Wildman–Crippen LogP) is 6.64. The third-order valence-electron chi connectivity index (χ3n) is 7.16. The van der Waals surface area contributed by atoms with Crippen LogP contribution in [0.1, 0.15) is 33.8 Å². The third-order valence-corrected chi connectivity index (χ3v) is 7.47. The smallest absolute Gasteiger partial charge is 0.337 e. The molecule has 2 aromatic heterocycles. The molecule has 2 atom stereocenters. The Morgan fingerprint density at radius 3 is 2.12 bits per heavy atom. The first kappa shape index (κ1) is 27.0. The van der Waals surface area contributed by atoms with Crippen molar-refractivity contribution in [2.24, 2.45) is 0 Å². The summed E-state index contributed by atoms with van der Waals surface area (Å²) in [6, 6.07) is 32.2. The number of carbonyl (C=O) groups excluding carboxylic acids is 1. The average Bonchev–Trinajstić information content (AvgIpc) is 3.66. The number of esters is 1. The first-order valence-corrected chi connectivity index (χ1v) is 13.7. The second kappa shape index (κ2) is 11.8. The maximum absolute atomic E-state index is 12.0. The number of thiocarbonyl (C=S) groups is 1. The van der Waals surface area contributed by atoms with E-state index in [1.54, 1.807) is 25.4 Å². The molecular weight excluding hydrogens is 548 g/mol. The molecule has 42 heavy (non-hydrogen) atoms. The van der Waals surface area contributed by atoms with Gasteiger partial charge in [0, 0.05) is 29.5 Å². The minimum Gasteiger partial charge on any atom is -0.497 e. The number of nitrogens with one attached hydrogen (secondary N) is 1. The zero-order valence-electron chi connectivity index (χ0n) is 23.0. The second-order valence-electron chi connectivity index (χ2n) is 9.61. The zero-order valence-corrected chi connectivity index (χ0v) is 23.8. The zero-order chi connectivity index (χ0) is 29.1. The molecule has 0 aliphatic carbocycles. The van der Waals surface area contributed by atoms with Crippen molar-refractivity contribution in [3.05, 3.63) is 132 Å². The minimum absolute atomic E-state index is 0.211. The molecule has 1 saturated heterocycles. The van der Waals surface area contributed by atoms with Crippen molar-refractivity contribution in [2.45, 2.75) is 12.1 Å². The number of ether oxygens (including phenoxy) is 3. The molecule has 1 aliphatic rings. The van der Waals surface area contributed by atoms with Crippen molar-refractivity contribution in [3.8, 4) is 22.9 Å². The largest absolute Gasteiger partial charge is 0.497 e.